The lowest BCUT2D eigenvalue weighted by Crippen LogP contribution is -2.45. The summed E-state index contributed by atoms with van der Waals surface area (Å²) < 4.78 is 5.79. The molecule has 0 aromatic carbocycles. The first-order chi connectivity index (χ1) is 11.2. The third-order valence-electron chi connectivity index (χ3n) is 5.07. The van der Waals surface area contributed by atoms with E-state index in [1.165, 1.54) is 90.0 Å². The summed E-state index contributed by atoms with van der Waals surface area (Å²) in [5.74, 6) is 0. The van der Waals surface area contributed by atoms with E-state index in [-0.39, 0.29) is 0 Å². The number of hydrogen-bond donors (Lipinski definition) is 0. The van der Waals surface area contributed by atoms with Crippen molar-refractivity contribution >= 4 is 0 Å². The van der Waals surface area contributed by atoms with Crippen LogP contribution in [0.4, 0.5) is 0 Å². The van der Waals surface area contributed by atoms with Gasteiger partial charge in [0.05, 0.1) is 12.2 Å². The Labute approximate surface area is 146 Å². The predicted molar refractivity (Wildman–Crippen MR) is 102 cm³/mol. The van der Waals surface area contributed by atoms with Crippen molar-refractivity contribution in [2.45, 2.75) is 116 Å². The topological polar surface area (TPSA) is 12.5 Å². The summed E-state index contributed by atoms with van der Waals surface area (Å²) in [4.78, 5) is 2.59. The van der Waals surface area contributed by atoms with E-state index in [1.54, 1.807) is 0 Å². The molecule has 1 saturated heterocycles. The molecule has 0 amide bonds. The van der Waals surface area contributed by atoms with Crippen molar-refractivity contribution in [2.24, 2.45) is 0 Å². The molecule has 2 atom stereocenters. The highest BCUT2D eigenvalue weighted by Crippen LogP contribution is 2.14. The zero-order valence-electron chi connectivity index (χ0n) is 16.3. The molecule has 1 heterocycles. The highest BCUT2D eigenvalue weighted by molar-refractivity contribution is 4.72. The first-order valence-corrected chi connectivity index (χ1v) is 10.6. The van der Waals surface area contributed by atoms with Gasteiger partial charge in [0.25, 0.3) is 0 Å². The molecular weight excluding hydrogens is 282 g/mol. The molecule has 138 valence electrons. The molecule has 23 heavy (non-hydrogen) atoms. The fourth-order valence-corrected chi connectivity index (χ4v) is 3.82. The molecule has 0 aromatic rings. The van der Waals surface area contributed by atoms with Crippen LogP contribution in [0.1, 0.15) is 104 Å². The van der Waals surface area contributed by atoms with E-state index in [1.807, 2.05) is 0 Å². The van der Waals surface area contributed by atoms with Gasteiger partial charge in [0.15, 0.2) is 0 Å². The number of unbranched alkanes of at least 4 members (excludes halogenated alkanes) is 12. The standard InChI is InChI=1S/C21H43NO/c1-4-5-6-7-8-9-10-11-12-13-14-15-16-17-22-18-20(2)23-21(3)19-22/h20-21H,4-19H2,1-3H3. The van der Waals surface area contributed by atoms with E-state index in [2.05, 4.69) is 25.7 Å². The van der Waals surface area contributed by atoms with E-state index >= 15 is 0 Å². The van der Waals surface area contributed by atoms with Crippen LogP contribution in [0.3, 0.4) is 0 Å². The van der Waals surface area contributed by atoms with Crippen LogP contribution in [-0.2, 0) is 4.74 Å². The van der Waals surface area contributed by atoms with Crippen LogP contribution in [0.15, 0.2) is 0 Å². The van der Waals surface area contributed by atoms with Crippen LogP contribution in [0.5, 0.6) is 0 Å². The van der Waals surface area contributed by atoms with E-state index < -0.39 is 0 Å². The minimum Gasteiger partial charge on any atom is -0.373 e. The van der Waals surface area contributed by atoms with Gasteiger partial charge >= 0.3 is 0 Å². The zero-order chi connectivity index (χ0) is 16.8. The Morgan fingerprint density at radius 3 is 1.48 bits per heavy atom. The lowest BCUT2D eigenvalue weighted by Gasteiger charge is -2.35. The monoisotopic (exact) mass is 325 g/mol. The molecule has 0 aromatic heterocycles. The highest BCUT2D eigenvalue weighted by Gasteiger charge is 2.21. The van der Waals surface area contributed by atoms with Gasteiger partial charge in [-0.25, -0.2) is 0 Å². The molecule has 0 N–H and O–H groups in total. The Hall–Kier alpha value is -0.0800. The predicted octanol–water partition coefficient (Wildman–Crippen LogP) is 6.19. The Bertz CT molecular complexity index is 246. The van der Waals surface area contributed by atoms with Crippen LogP contribution in [0, 0.1) is 0 Å². The van der Waals surface area contributed by atoms with Gasteiger partial charge in [-0.15, -0.1) is 0 Å². The van der Waals surface area contributed by atoms with Gasteiger partial charge < -0.3 is 4.74 Å². The molecule has 1 aliphatic heterocycles. The van der Waals surface area contributed by atoms with Crippen molar-refractivity contribution in [1.82, 2.24) is 4.90 Å². The van der Waals surface area contributed by atoms with Gasteiger partial charge in [0, 0.05) is 13.1 Å². The molecule has 0 radical (unpaired) electrons. The fourth-order valence-electron chi connectivity index (χ4n) is 3.82. The van der Waals surface area contributed by atoms with Crippen LogP contribution in [0.2, 0.25) is 0 Å². The summed E-state index contributed by atoms with van der Waals surface area (Å²) in [7, 11) is 0. The molecule has 1 rings (SSSR count). The molecule has 1 aliphatic rings. The van der Waals surface area contributed by atoms with Crippen LogP contribution < -0.4 is 0 Å². The summed E-state index contributed by atoms with van der Waals surface area (Å²) in [6.45, 7) is 10.2. The molecule has 0 bridgehead atoms. The van der Waals surface area contributed by atoms with Crippen molar-refractivity contribution in [3.05, 3.63) is 0 Å². The van der Waals surface area contributed by atoms with Crippen molar-refractivity contribution in [3.63, 3.8) is 0 Å². The quantitative estimate of drug-likeness (QED) is 0.353. The number of nitrogens with zero attached hydrogens (tertiary/aromatic N) is 1. The molecule has 2 heteroatoms. The van der Waals surface area contributed by atoms with Crippen molar-refractivity contribution < 1.29 is 4.74 Å². The molecule has 0 spiro atoms. The second kappa shape index (κ2) is 14.3. The number of hydrogen-bond acceptors (Lipinski definition) is 2. The number of rotatable bonds is 14. The molecule has 1 fully saturated rings. The van der Waals surface area contributed by atoms with Gasteiger partial charge in [-0.2, -0.15) is 0 Å². The average Bonchev–Trinajstić information content (AvgIpc) is 2.51. The Morgan fingerprint density at radius 1 is 0.652 bits per heavy atom. The number of ether oxygens (including phenoxy) is 1. The molecule has 0 saturated carbocycles. The van der Waals surface area contributed by atoms with Crippen LogP contribution >= 0.6 is 0 Å². The summed E-state index contributed by atoms with van der Waals surface area (Å²) in [5.41, 5.74) is 0. The number of morpholine rings is 1. The lowest BCUT2D eigenvalue weighted by atomic mass is 10.0. The van der Waals surface area contributed by atoms with Crippen molar-refractivity contribution in [3.8, 4) is 0 Å². The summed E-state index contributed by atoms with van der Waals surface area (Å²) >= 11 is 0. The largest absolute Gasteiger partial charge is 0.373 e. The van der Waals surface area contributed by atoms with Crippen molar-refractivity contribution in [2.75, 3.05) is 19.6 Å². The lowest BCUT2D eigenvalue weighted by molar-refractivity contribution is -0.0681. The van der Waals surface area contributed by atoms with Crippen LogP contribution in [-0.4, -0.2) is 36.7 Å². The minimum atomic E-state index is 0.417. The highest BCUT2D eigenvalue weighted by atomic mass is 16.5. The van der Waals surface area contributed by atoms with E-state index in [0.29, 0.717) is 12.2 Å². The van der Waals surface area contributed by atoms with Gasteiger partial charge in [-0.1, -0.05) is 84.0 Å². The third kappa shape index (κ3) is 12.0. The Morgan fingerprint density at radius 2 is 1.04 bits per heavy atom. The maximum absolute atomic E-state index is 5.79. The minimum absolute atomic E-state index is 0.417. The Balaban J connectivity index is 1.78. The second-order valence-electron chi connectivity index (χ2n) is 7.76. The second-order valence-corrected chi connectivity index (χ2v) is 7.76. The zero-order valence-corrected chi connectivity index (χ0v) is 16.3. The summed E-state index contributed by atoms with van der Waals surface area (Å²) in [6, 6.07) is 0. The normalized spacial score (nSPS) is 22.6. The summed E-state index contributed by atoms with van der Waals surface area (Å²) in [5, 5.41) is 0. The SMILES string of the molecule is CCCCCCCCCCCCCCCN1CC(C)OC(C)C1. The molecule has 0 aliphatic carbocycles. The van der Waals surface area contributed by atoms with E-state index in [4.69, 9.17) is 4.74 Å². The van der Waals surface area contributed by atoms with E-state index in [0.717, 1.165) is 13.1 Å². The van der Waals surface area contributed by atoms with Gasteiger partial charge in [0.1, 0.15) is 0 Å². The average molecular weight is 326 g/mol. The van der Waals surface area contributed by atoms with Crippen molar-refractivity contribution in [1.29, 1.82) is 0 Å². The van der Waals surface area contributed by atoms with Gasteiger partial charge in [-0.3, -0.25) is 4.90 Å². The van der Waals surface area contributed by atoms with Crippen LogP contribution in [0.25, 0.3) is 0 Å². The smallest absolute Gasteiger partial charge is 0.0678 e. The maximum atomic E-state index is 5.79. The first-order valence-electron chi connectivity index (χ1n) is 10.6. The molecular formula is C21H43NO. The Kier molecular flexibility index (Phi) is 13.0. The summed E-state index contributed by atoms with van der Waals surface area (Å²) in [6.07, 6.45) is 19.6. The third-order valence-corrected chi connectivity index (χ3v) is 5.07. The molecule has 2 nitrogen and oxygen atoms in total. The van der Waals surface area contributed by atoms with Gasteiger partial charge in [0.2, 0.25) is 0 Å². The first kappa shape index (κ1) is 21.0. The van der Waals surface area contributed by atoms with Gasteiger partial charge in [-0.05, 0) is 26.8 Å². The molecule has 2 unspecified atom stereocenters. The maximum Gasteiger partial charge on any atom is 0.0678 e. The fraction of sp³-hybridized carbons (Fsp3) is 1.00. The van der Waals surface area contributed by atoms with E-state index in [9.17, 15) is 0 Å².